The molecule has 1 aromatic rings. The van der Waals surface area contributed by atoms with Crippen LogP contribution in [0.15, 0.2) is 18.2 Å². The van der Waals surface area contributed by atoms with E-state index in [0.29, 0.717) is 13.0 Å². The molecule has 0 aliphatic carbocycles. The Labute approximate surface area is 126 Å². The maximum absolute atomic E-state index is 12.3. The first-order valence-corrected chi connectivity index (χ1v) is 7.37. The van der Waals surface area contributed by atoms with E-state index in [1.807, 2.05) is 52.8 Å². The molecule has 1 fully saturated rings. The minimum absolute atomic E-state index is 0.0581. The highest BCUT2D eigenvalue weighted by atomic mass is 16.2. The van der Waals surface area contributed by atoms with E-state index in [0.717, 1.165) is 11.3 Å². The zero-order valence-corrected chi connectivity index (χ0v) is 13.5. The molecule has 1 heterocycles. The van der Waals surface area contributed by atoms with Gasteiger partial charge in [-0.1, -0.05) is 6.07 Å². The second kappa shape index (κ2) is 5.51. The number of nitrogens with one attached hydrogen (secondary N) is 1. The lowest BCUT2D eigenvalue weighted by molar-refractivity contribution is -0.131. The van der Waals surface area contributed by atoms with Gasteiger partial charge in [0.05, 0.1) is 5.92 Å². The normalized spacial score (nSPS) is 19.0. The molecule has 1 saturated heterocycles. The maximum Gasteiger partial charge on any atom is 0.229 e. The third-order valence-corrected chi connectivity index (χ3v) is 4.08. The molecule has 114 valence electrons. The van der Waals surface area contributed by atoms with E-state index in [9.17, 15) is 9.59 Å². The maximum atomic E-state index is 12.3. The quantitative estimate of drug-likeness (QED) is 0.909. The predicted octanol–water partition coefficient (Wildman–Crippen LogP) is 2.89. The molecule has 0 radical (unpaired) electrons. The van der Waals surface area contributed by atoms with E-state index in [2.05, 4.69) is 5.32 Å². The van der Waals surface area contributed by atoms with Crippen LogP contribution in [0.2, 0.25) is 0 Å². The van der Waals surface area contributed by atoms with Crippen LogP contribution in [0.4, 0.5) is 5.69 Å². The van der Waals surface area contributed by atoms with E-state index in [1.54, 1.807) is 4.90 Å². The first kappa shape index (κ1) is 15.5. The molecule has 21 heavy (non-hydrogen) atoms. The monoisotopic (exact) mass is 288 g/mol. The molecule has 1 unspecified atom stereocenters. The number of amides is 2. The fourth-order valence-electron chi connectivity index (χ4n) is 2.59. The summed E-state index contributed by atoms with van der Waals surface area (Å²) in [6, 6.07) is 5.86. The van der Waals surface area contributed by atoms with E-state index < -0.39 is 0 Å². The van der Waals surface area contributed by atoms with E-state index in [4.69, 9.17) is 0 Å². The zero-order chi connectivity index (χ0) is 15.8. The van der Waals surface area contributed by atoms with Gasteiger partial charge in [0.15, 0.2) is 0 Å². The Morgan fingerprint density at radius 2 is 1.90 bits per heavy atom. The molecule has 4 nitrogen and oxygen atoms in total. The molecule has 1 atom stereocenters. The van der Waals surface area contributed by atoms with Crippen LogP contribution in [0.1, 0.15) is 38.3 Å². The summed E-state index contributed by atoms with van der Waals surface area (Å²) in [6.07, 6.45) is 0.300. The van der Waals surface area contributed by atoms with Gasteiger partial charge >= 0.3 is 0 Å². The molecule has 0 saturated carbocycles. The number of likely N-dealkylation sites (tertiary alicyclic amines) is 1. The number of carbonyl (C=O) groups excluding carboxylic acids is 2. The van der Waals surface area contributed by atoms with Gasteiger partial charge < -0.3 is 10.2 Å². The van der Waals surface area contributed by atoms with Crippen molar-refractivity contribution in [2.75, 3.05) is 11.9 Å². The fourth-order valence-corrected chi connectivity index (χ4v) is 2.59. The van der Waals surface area contributed by atoms with Crippen LogP contribution >= 0.6 is 0 Å². The van der Waals surface area contributed by atoms with Crippen molar-refractivity contribution in [3.63, 3.8) is 0 Å². The second-order valence-corrected chi connectivity index (χ2v) is 6.86. The summed E-state index contributed by atoms with van der Waals surface area (Å²) >= 11 is 0. The zero-order valence-electron chi connectivity index (χ0n) is 13.5. The van der Waals surface area contributed by atoms with Gasteiger partial charge in [0.1, 0.15) is 0 Å². The Balaban J connectivity index is 2.05. The summed E-state index contributed by atoms with van der Waals surface area (Å²) in [6.45, 7) is 10.5. The third kappa shape index (κ3) is 3.43. The van der Waals surface area contributed by atoms with Crippen LogP contribution in [-0.4, -0.2) is 28.8 Å². The van der Waals surface area contributed by atoms with Crippen molar-refractivity contribution in [1.82, 2.24) is 4.90 Å². The summed E-state index contributed by atoms with van der Waals surface area (Å²) in [5, 5.41) is 2.93. The number of aryl methyl sites for hydroxylation is 2. The van der Waals surface area contributed by atoms with Crippen molar-refractivity contribution in [3.05, 3.63) is 29.3 Å². The van der Waals surface area contributed by atoms with Crippen LogP contribution in [0, 0.1) is 19.8 Å². The fraction of sp³-hybridized carbons (Fsp3) is 0.529. The molecule has 1 aromatic carbocycles. The molecule has 0 bridgehead atoms. The number of carbonyl (C=O) groups is 2. The number of benzene rings is 1. The molecule has 1 N–H and O–H groups in total. The Kier molecular flexibility index (Phi) is 4.08. The predicted molar refractivity (Wildman–Crippen MR) is 84.1 cm³/mol. The van der Waals surface area contributed by atoms with Crippen LogP contribution in [0.5, 0.6) is 0 Å². The van der Waals surface area contributed by atoms with Gasteiger partial charge in [-0.2, -0.15) is 0 Å². The van der Waals surface area contributed by atoms with E-state index >= 15 is 0 Å². The molecule has 2 amide bonds. The second-order valence-electron chi connectivity index (χ2n) is 6.86. The molecular weight excluding hydrogens is 264 g/mol. The highest BCUT2D eigenvalue weighted by Gasteiger charge is 2.39. The number of nitrogens with zero attached hydrogens (tertiary/aromatic N) is 1. The minimum Gasteiger partial charge on any atom is -0.337 e. The summed E-state index contributed by atoms with van der Waals surface area (Å²) in [5.41, 5.74) is 2.91. The average Bonchev–Trinajstić information content (AvgIpc) is 2.76. The molecule has 4 heteroatoms. The Bertz CT molecular complexity index is 573. The molecule has 0 spiro atoms. The van der Waals surface area contributed by atoms with Crippen molar-refractivity contribution < 1.29 is 9.59 Å². The molecule has 1 aliphatic rings. The summed E-state index contributed by atoms with van der Waals surface area (Å²) < 4.78 is 0. The molecular formula is C17H24N2O2. The Hall–Kier alpha value is -1.84. The smallest absolute Gasteiger partial charge is 0.229 e. The largest absolute Gasteiger partial charge is 0.337 e. The summed E-state index contributed by atoms with van der Waals surface area (Å²) in [4.78, 5) is 26.2. The van der Waals surface area contributed by atoms with Gasteiger partial charge in [-0.05, 0) is 57.9 Å². The number of hydrogen-bond donors (Lipinski definition) is 1. The SMILES string of the molecule is Cc1ccc(NC(=O)C2CC(=O)N(C(C)(C)C)C2)cc1C. The summed E-state index contributed by atoms with van der Waals surface area (Å²) in [7, 11) is 0. The van der Waals surface area contributed by atoms with Gasteiger partial charge in [0.25, 0.3) is 0 Å². The Morgan fingerprint density at radius 1 is 1.24 bits per heavy atom. The van der Waals surface area contributed by atoms with Gasteiger partial charge in [-0.15, -0.1) is 0 Å². The lowest BCUT2D eigenvalue weighted by atomic mass is 10.1. The third-order valence-electron chi connectivity index (χ3n) is 4.08. The first-order valence-electron chi connectivity index (χ1n) is 7.37. The summed E-state index contributed by atoms with van der Waals surface area (Å²) in [5.74, 6) is -0.278. The van der Waals surface area contributed by atoms with Crippen LogP contribution < -0.4 is 5.32 Å². The Morgan fingerprint density at radius 3 is 2.43 bits per heavy atom. The molecule has 1 aliphatic heterocycles. The standard InChI is InChI=1S/C17H24N2O2/c1-11-6-7-14(8-12(11)2)18-16(21)13-9-15(20)19(10-13)17(3,4)5/h6-8,13H,9-10H2,1-5H3,(H,18,21). The number of rotatable bonds is 2. The van der Waals surface area contributed by atoms with Crippen molar-refractivity contribution in [1.29, 1.82) is 0 Å². The highest BCUT2D eigenvalue weighted by Crippen LogP contribution is 2.27. The van der Waals surface area contributed by atoms with Crippen molar-refractivity contribution in [2.45, 2.75) is 46.6 Å². The van der Waals surface area contributed by atoms with Gasteiger partial charge in [-0.25, -0.2) is 0 Å². The van der Waals surface area contributed by atoms with Gasteiger partial charge in [0.2, 0.25) is 11.8 Å². The molecule has 2 rings (SSSR count). The topological polar surface area (TPSA) is 49.4 Å². The van der Waals surface area contributed by atoms with Crippen molar-refractivity contribution in [3.8, 4) is 0 Å². The van der Waals surface area contributed by atoms with Crippen molar-refractivity contribution in [2.24, 2.45) is 5.92 Å². The lowest BCUT2D eigenvalue weighted by Gasteiger charge is -2.31. The number of anilines is 1. The van der Waals surface area contributed by atoms with Gasteiger partial charge in [0, 0.05) is 24.2 Å². The minimum atomic E-state index is -0.265. The number of hydrogen-bond acceptors (Lipinski definition) is 2. The highest BCUT2D eigenvalue weighted by molar-refractivity contribution is 5.97. The lowest BCUT2D eigenvalue weighted by Crippen LogP contribution is -2.42. The average molecular weight is 288 g/mol. The molecule has 0 aromatic heterocycles. The van der Waals surface area contributed by atoms with Gasteiger partial charge in [-0.3, -0.25) is 9.59 Å². The van der Waals surface area contributed by atoms with E-state index in [1.165, 1.54) is 5.56 Å². The van der Waals surface area contributed by atoms with Crippen LogP contribution in [0.3, 0.4) is 0 Å². The van der Waals surface area contributed by atoms with Crippen LogP contribution in [0.25, 0.3) is 0 Å². The van der Waals surface area contributed by atoms with Crippen molar-refractivity contribution >= 4 is 17.5 Å². The van der Waals surface area contributed by atoms with E-state index in [-0.39, 0.29) is 23.3 Å². The first-order chi connectivity index (χ1) is 9.68. The van der Waals surface area contributed by atoms with Crippen LogP contribution in [-0.2, 0) is 9.59 Å².